The molecule has 0 saturated heterocycles. The van der Waals surface area contributed by atoms with E-state index in [-0.39, 0.29) is 5.91 Å². The van der Waals surface area contributed by atoms with Crippen LogP contribution in [-0.2, 0) is 17.7 Å². The molecule has 8 heteroatoms. The topological polar surface area (TPSA) is 82.7 Å². The molecule has 36 heavy (non-hydrogen) atoms. The molecule has 0 aromatic heterocycles. The Bertz CT molecular complexity index is 1250. The number of hydrogen-bond acceptors (Lipinski definition) is 4. The standard InChI is InChI=1S/C28H31ClN4O3/c1-19-8-9-23(17-25(19)29)32-28(35)31-22-10-11-26(24(16-22)27(34)30-13-5-15-36-2)33-14-12-20-6-3-4-7-21(20)18-33/h3-4,6-11,16-17H,5,12-15,18H2,1-2H3,(H,30,34)(H2,31,32,35). The number of urea groups is 1. The molecule has 1 heterocycles. The minimum Gasteiger partial charge on any atom is -0.385 e. The number of carbonyl (C=O) groups excluding carboxylic acids is 2. The molecule has 0 atom stereocenters. The fraction of sp³-hybridized carbons (Fsp3) is 0.286. The van der Waals surface area contributed by atoms with Gasteiger partial charge in [-0.25, -0.2) is 4.79 Å². The highest BCUT2D eigenvalue weighted by atomic mass is 35.5. The van der Waals surface area contributed by atoms with E-state index < -0.39 is 6.03 Å². The summed E-state index contributed by atoms with van der Waals surface area (Å²) in [6.45, 7) is 4.50. The van der Waals surface area contributed by atoms with Gasteiger partial charge in [0.1, 0.15) is 0 Å². The number of rotatable bonds is 8. The summed E-state index contributed by atoms with van der Waals surface area (Å²) in [5.41, 5.74) is 5.99. The Labute approximate surface area is 216 Å². The maximum absolute atomic E-state index is 13.2. The van der Waals surface area contributed by atoms with Crippen molar-refractivity contribution in [3.8, 4) is 0 Å². The quantitative estimate of drug-likeness (QED) is 0.346. The lowest BCUT2D eigenvalue weighted by Crippen LogP contribution is -2.33. The zero-order chi connectivity index (χ0) is 25.5. The Morgan fingerprint density at radius 3 is 2.47 bits per heavy atom. The first-order valence-corrected chi connectivity index (χ1v) is 12.4. The Kier molecular flexibility index (Phi) is 8.46. The van der Waals surface area contributed by atoms with Crippen LogP contribution in [0.1, 0.15) is 33.5 Å². The van der Waals surface area contributed by atoms with Crippen LogP contribution in [0.5, 0.6) is 0 Å². The van der Waals surface area contributed by atoms with Crippen molar-refractivity contribution in [2.45, 2.75) is 26.3 Å². The van der Waals surface area contributed by atoms with Crippen LogP contribution in [0.3, 0.4) is 0 Å². The Morgan fingerprint density at radius 1 is 1.00 bits per heavy atom. The predicted molar refractivity (Wildman–Crippen MR) is 145 cm³/mol. The molecule has 0 spiro atoms. The lowest BCUT2D eigenvalue weighted by Gasteiger charge is -2.32. The highest BCUT2D eigenvalue weighted by Gasteiger charge is 2.22. The van der Waals surface area contributed by atoms with Gasteiger partial charge in [-0.1, -0.05) is 41.9 Å². The van der Waals surface area contributed by atoms with Crippen molar-refractivity contribution in [1.82, 2.24) is 5.32 Å². The van der Waals surface area contributed by atoms with Gasteiger partial charge in [-0.2, -0.15) is 0 Å². The van der Waals surface area contributed by atoms with E-state index in [0.29, 0.717) is 41.5 Å². The molecule has 0 aliphatic carbocycles. The molecule has 7 nitrogen and oxygen atoms in total. The molecule has 0 fully saturated rings. The Hall–Kier alpha value is -3.55. The van der Waals surface area contributed by atoms with Gasteiger partial charge in [0.25, 0.3) is 5.91 Å². The van der Waals surface area contributed by atoms with Crippen LogP contribution in [0, 0.1) is 6.92 Å². The van der Waals surface area contributed by atoms with Crippen LogP contribution < -0.4 is 20.9 Å². The van der Waals surface area contributed by atoms with Gasteiger partial charge in [0, 0.05) is 55.4 Å². The van der Waals surface area contributed by atoms with E-state index in [2.05, 4.69) is 39.0 Å². The minimum atomic E-state index is -0.416. The Balaban J connectivity index is 1.53. The SMILES string of the molecule is COCCCNC(=O)c1cc(NC(=O)Nc2ccc(C)c(Cl)c2)ccc1N1CCc2ccccc2C1. The fourth-order valence-corrected chi connectivity index (χ4v) is 4.43. The largest absolute Gasteiger partial charge is 0.385 e. The maximum Gasteiger partial charge on any atom is 0.323 e. The van der Waals surface area contributed by atoms with Gasteiger partial charge in [-0.15, -0.1) is 0 Å². The van der Waals surface area contributed by atoms with Gasteiger partial charge < -0.3 is 25.6 Å². The van der Waals surface area contributed by atoms with Crippen molar-refractivity contribution >= 4 is 40.6 Å². The number of hydrogen-bond donors (Lipinski definition) is 3. The molecular formula is C28H31ClN4O3. The van der Waals surface area contributed by atoms with Crippen molar-refractivity contribution in [3.63, 3.8) is 0 Å². The number of benzene rings is 3. The van der Waals surface area contributed by atoms with Crippen LogP contribution in [0.2, 0.25) is 5.02 Å². The minimum absolute atomic E-state index is 0.186. The molecule has 188 valence electrons. The van der Waals surface area contributed by atoms with Crippen LogP contribution in [-0.4, -0.2) is 38.7 Å². The molecule has 0 radical (unpaired) electrons. The first kappa shape index (κ1) is 25.5. The monoisotopic (exact) mass is 506 g/mol. The normalized spacial score (nSPS) is 12.6. The van der Waals surface area contributed by atoms with Crippen LogP contribution in [0.4, 0.5) is 21.9 Å². The zero-order valence-electron chi connectivity index (χ0n) is 20.6. The number of amides is 3. The van der Waals surface area contributed by atoms with E-state index in [1.165, 1.54) is 11.1 Å². The number of fused-ring (bicyclic) bond motifs is 1. The second-order valence-corrected chi connectivity index (χ2v) is 9.22. The van der Waals surface area contributed by atoms with E-state index >= 15 is 0 Å². The first-order valence-electron chi connectivity index (χ1n) is 12.0. The second kappa shape index (κ2) is 11.9. The summed E-state index contributed by atoms with van der Waals surface area (Å²) in [7, 11) is 1.64. The summed E-state index contributed by atoms with van der Waals surface area (Å²) in [6, 6.07) is 18.7. The molecule has 0 bridgehead atoms. The Morgan fingerprint density at radius 2 is 1.72 bits per heavy atom. The number of methoxy groups -OCH3 is 1. The number of nitrogens with one attached hydrogen (secondary N) is 3. The number of anilines is 3. The van der Waals surface area contributed by atoms with E-state index in [1.54, 1.807) is 25.3 Å². The lowest BCUT2D eigenvalue weighted by atomic mass is 9.98. The van der Waals surface area contributed by atoms with Gasteiger partial charge in [0.05, 0.1) is 5.56 Å². The average Bonchev–Trinajstić information content (AvgIpc) is 2.88. The number of nitrogens with zero attached hydrogens (tertiary/aromatic N) is 1. The predicted octanol–water partition coefficient (Wildman–Crippen LogP) is 5.62. The molecule has 0 unspecified atom stereocenters. The average molecular weight is 507 g/mol. The van der Waals surface area contributed by atoms with Gasteiger partial charge >= 0.3 is 6.03 Å². The van der Waals surface area contributed by atoms with E-state index in [1.807, 2.05) is 31.2 Å². The highest BCUT2D eigenvalue weighted by molar-refractivity contribution is 6.31. The number of carbonyl (C=O) groups is 2. The van der Waals surface area contributed by atoms with E-state index in [4.69, 9.17) is 16.3 Å². The van der Waals surface area contributed by atoms with Gasteiger partial charge in [0.15, 0.2) is 0 Å². The van der Waals surface area contributed by atoms with Crippen LogP contribution in [0.25, 0.3) is 0 Å². The zero-order valence-corrected chi connectivity index (χ0v) is 21.3. The number of aryl methyl sites for hydroxylation is 1. The summed E-state index contributed by atoms with van der Waals surface area (Å²) >= 11 is 6.17. The van der Waals surface area contributed by atoms with Crippen molar-refractivity contribution in [1.29, 1.82) is 0 Å². The fourth-order valence-electron chi connectivity index (χ4n) is 4.25. The van der Waals surface area contributed by atoms with Crippen LogP contribution in [0.15, 0.2) is 60.7 Å². The lowest BCUT2D eigenvalue weighted by molar-refractivity contribution is 0.0949. The van der Waals surface area contributed by atoms with E-state index in [9.17, 15) is 9.59 Å². The number of ether oxygens (including phenoxy) is 1. The molecule has 3 aromatic rings. The maximum atomic E-state index is 13.2. The van der Waals surface area contributed by atoms with Crippen LogP contribution >= 0.6 is 11.6 Å². The highest BCUT2D eigenvalue weighted by Crippen LogP contribution is 2.30. The summed E-state index contributed by atoms with van der Waals surface area (Å²) in [5, 5.41) is 9.17. The van der Waals surface area contributed by atoms with Crippen molar-refractivity contribution < 1.29 is 14.3 Å². The third-order valence-corrected chi connectivity index (χ3v) is 6.62. The van der Waals surface area contributed by atoms with Gasteiger partial charge in [-0.3, -0.25) is 4.79 Å². The number of halogens is 1. The first-order chi connectivity index (χ1) is 17.4. The van der Waals surface area contributed by atoms with Gasteiger partial charge in [0.2, 0.25) is 0 Å². The smallest absolute Gasteiger partial charge is 0.323 e. The molecule has 1 aliphatic rings. The summed E-state index contributed by atoms with van der Waals surface area (Å²) in [6.07, 6.45) is 1.63. The molecule has 4 rings (SSSR count). The molecule has 3 aromatic carbocycles. The third-order valence-electron chi connectivity index (χ3n) is 6.21. The van der Waals surface area contributed by atoms with Crippen molar-refractivity contribution in [3.05, 3.63) is 87.9 Å². The summed E-state index contributed by atoms with van der Waals surface area (Å²) < 4.78 is 5.08. The molecule has 0 saturated carbocycles. The van der Waals surface area contributed by atoms with Gasteiger partial charge in [-0.05, 0) is 66.8 Å². The third kappa shape index (κ3) is 6.36. The molecular weight excluding hydrogens is 476 g/mol. The molecule has 3 amide bonds. The van der Waals surface area contributed by atoms with E-state index in [0.717, 1.165) is 30.8 Å². The molecule has 3 N–H and O–H groups in total. The van der Waals surface area contributed by atoms with Crippen molar-refractivity contribution in [2.75, 3.05) is 42.3 Å². The van der Waals surface area contributed by atoms with Crippen molar-refractivity contribution in [2.24, 2.45) is 0 Å². The molecule has 1 aliphatic heterocycles. The second-order valence-electron chi connectivity index (χ2n) is 8.82. The summed E-state index contributed by atoms with van der Waals surface area (Å²) in [5.74, 6) is -0.186. The summed E-state index contributed by atoms with van der Waals surface area (Å²) in [4.78, 5) is 28.0.